The van der Waals surface area contributed by atoms with Gasteiger partial charge in [0.15, 0.2) is 0 Å². The lowest BCUT2D eigenvalue weighted by Gasteiger charge is -2.18. The highest BCUT2D eigenvalue weighted by atomic mass is 16.4. The summed E-state index contributed by atoms with van der Waals surface area (Å²) in [5.74, 6) is 4.60. The van der Waals surface area contributed by atoms with Crippen molar-refractivity contribution in [2.24, 2.45) is 0 Å². The fourth-order valence-electron chi connectivity index (χ4n) is 1.29. The second-order valence-electron chi connectivity index (χ2n) is 4.70. The van der Waals surface area contributed by atoms with Gasteiger partial charge in [0.1, 0.15) is 6.42 Å². The largest absolute Gasteiger partial charge is 0.481 e. The molecular formula is C14H16O2. The Balaban J connectivity index is 2.90. The number of carbonyl (C=O) groups is 1. The molecule has 0 amide bonds. The molecule has 2 heteroatoms. The maximum absolute atomic E-state index is 10.3. The van der Waals surface area contributed by atoms with Crippen LogP contribution < -0.4 is 0 Å². The van der Waals surface area contributed by atoms with E-state index >= 15 is 0 Å². The van der Waals surface area contributed by atoms with Crippen LogP contribution >= 0.6 is 0 Å². The third kappa shape index (κ3) is 3.78. The van der Waals surface area contributed by atoms with E-state index in [1.807, 2.05) is 18.2 Å². The average molecular weight is 216 g/mol. The normalized spacial score (nSPS) is 10.4. The first-order valence-corrected chi connectivity index (χ1v) is 5.21. The van der Waals surface area contributed by atoms with Gasteiger partial charge in [-0.25, -0.2) is 0 Å². The SMILES string of the molecule is CC(C)(C)c1cccc(C#CCC(=O)O)c1. The lowest BCUT2D eigenvalue weighted by molar-refractivity contribution is -0.135. The summed E-state index contributed by atoms with van der Waals surface area (Å²) < 4.78 is 0. The fourth-order valence-corrected chi connectivity index (χ4v) is 1.29. The molecule has 2 nitrogen and oxygen atoms in total. The number of carboxylic acid groups (broad SMARTS) is 1. The summed E-state index contributed by atoms with van der Waals surface area (Å²) in [5.41, 5.74) is 2.16. The summed E-state index contributed by atoms with van der Waals surface area (Å²) in [6.45, 7) is 6.41. The van der Waals surface area contributed by atoms with Crippen molar-refractivity contribution in [3.63, 3.8) is 0 Å². The predicted octanol–water partition coefficient (Wildman–Crippen LogP) is 2.81. The van der Waals surface area contributed by atoms with E-state index in [4.69, 9.17) is 5.11 Å². The summed E-state index contributed by atoms with van der Waals surface area (Å²) in [6.07, 6.45) is -0.111. The Kier molecular flexibility index (Phi) is 3.73. The van der Waals surface area contributed by atoms with Crippen LogP contribution in [0.25, 0.3) is 0 Å². The minimum atomic E-state index is -0.889. The summed E-state index contributed by atoms with van der Waals surface area (Å²) >= 11 is 0. The average Bonchev–Trinajstić information content (AvgIpc) is 2.16. The van der Waals surface area contributed by atoms with Crippen LogP contribution in [-0.4, -0.2) is 11.1 Å². The van der Waals surface area contributed by atoms with Gasteiger partial charge in [-0.05, 0) is 23.1 Å². The first-order chi connectivity index (χ1) is 7.39. The number of hydrogen-bond donors (Lipinski definition) is 1. The molecule has 0 aliphatic rings. The number of hydrogen-bond acceptors (Lipinski definition) is 1. The van der Waals surface area contributed by atoms with E-state index in [9.17, 15) is 4.79 Å². The first-order valence-electron chi connectivity index (χ1n) is 5.21. The second-order valence-corrected chi connectivity index (χ2v) is 4.70. The van der Waals surface area contributed by atoms with Crippen LogP contribution in [0.15, 0.2) is 24.3 Å². The molecule has 0 saturated heterocycles. The van der Waals surface area contributed by atoms with Crippen molar-refractivity contribution in [1.29, 1.82) is 0 Å². The van der Waals surface area contributed by atoms with Crippen LogP contribution in [-0.2, 0) is 10.2 Å². The minimum absolute atomic E-state index is 0.0878. The Morgan fingerprint density at radius 2 is 2.06 bits per heavy atom. The molecule has 1 aromatic rings. The van der Waals surface area contributed by atoms with Crippen molar-refractivity contribution >= 4 is 5.97 Å². The van der Waals surface area contributed by atoms with E-state index in [1.54, 1.807) is 0 Å². The number of aliphatic carboxylic acids is 1. The minimum Gasteiger partial charge on any atom is -0.481 e. The predicted molar refractivity (Wildman–Crippen MR) is 64.3 cm³/mol. The molecule has 0 radical (unpaired) electrons. The van der Waals surface area contributed by atoms with Crippen molar-refractivity contribution in [2.75, 3.05) is 0 Å². The molecule has 1 N–H and O–H groups in total. The van der Waals surface area contributed by atoms with Gasteiger partial charge in [0.2, 0.25) is 0 Å². The zero-order chi connectivity index (χ0) is 12.2. The molecular weight excluding hydrogens is 200 g/mol. The molecule has 0 unspecified atom stereocenters. The topological polar surface area (TPSA) is 37.3 Å². The molecule has 0 saturated carbocycles. The number of carboxylic acids is 1. The molecule has 0 atom stereocenters. The molecule has 0 spiro atoms. The Hall–Kier alpha value is -1.75. The van der Waals surface area contributed by atoms with Gasteiger partial charge in [0.25, 0.3) is 0 Å². The fraction of sp³-hybridized carbons (Fsp3) is 0.357. The molecule has 0 aromatic heterocycles. The van der Waals surface area contributed by atoms with Crippen LogP contribution in [0.5, 0.6) is 0 Å². The van der Waals surface area contributed by atoms with Crippen molar-refractivity contribution in [3.05, 3.63) is 35.4 Å². The highest BCUT2D eigenvalue weighted by molar-refractivity contribution is 5.70. The Morgan fingerprint density at radius 1 is 1.38 bits per heavy atom. The van der Waals surface area contributed by atoms with Gasteiger partial charge < -0.3 is 5.11 Å². The van der Waals surface area contributed by atoms with Crippen molar-refractivity contribution in [2.45, 2.75) is 32.6 Å². The van der Waals surface area contributed by atoms with Crippen LogP contribution in [0.1, 0.15) is 38.3 Å². The summed E-state index contributed by atoms with van der Waals surface area (Å²) in [7, 11) is 0. The van der Waals surface area contributed by atoms with E-state index in [0.29, 0.717) is 0 Å². The van der Waals surface area contributed by atoms with E-state index in [2.05, 4.69) is 38.7 Å². The molecule has 16 heavy (non-hydrogen) atoms. The van der Waals surface area contributed by atoms with Gasteiger partial charge in [0, 0.05) is 5.56 Å². The summed E-state index contributed by atoms with van der Waals surface area (Å²) in [4.78, 5) is 10.3. The van der Waals surface area contributed by atoms with Gasteiger partial charge >= 0.3 is 5.97 Å². The maximum atomic E-state index is 10.3. The van der Waals surface area contributed by atoms with Crippen LogP contribution in [0.3, 0.4) is 0 Å². The maximum Gasteiger partial charge on any atom is 0.315 e. The van der Waals surface area contributed by atoms with E-state index in [1.165, 1.54) is 5.56 Å². The lowest BCUT2D eigenvalue weighted by Crippen LogP contribution is -2.10. The van der Waals surface area contributed by atoms with Gasteiger partial charge in [-0.1, -0.05) is 44.7 Å². The zero-order valence-corrected chi connectivity index (χ0v) is 9.87. The van der Waals surface area contributed by atoms with Crippen LogP contribution in [0.2, 0.25) is 0 Å². The molecule has 0 bridgehead atoms. The van der Waals surface area contributed by atoms with Gasteiger partial charge in [-0.15, -0.1) is 0 Å². The highest BCUT2D eigenvalue weighted by Gasteiger charge is 2.12. The van der Waals surface area contributed by atoms with Gasteiger partial charge in [0.05, 0.1) is 0 Å². The first kappa shape index (κ1) is 12.3. The molecule has 0 aliphatic carbocycles. The van der Waals surface area contributed by atoms with E-state index in [-0.39, 0.29) is 11.8 Å². The number of rotatable bonds is 1. The van der Waals surface area contributed by atoms with Gasteiger partial charge in [-0.3, -0.25) is 4.79 Å². The van der Waals surface area contributed by atoms with Crippen molar-refractivity contribution in [3.8, 4) is 11.8 Å². The second kappa shape index (κ2) is 4.85. The zero-order valence-electron chi connectivity index (χ0n) is 9.87. The smallest absolute Gasteiger partial charge is 0.315 e. The monoisotopic (exact) mass is 216 g/mol. The highest BCUT2D eigenvalue weighted by Crippen LogP contribution is 2.22. The Labute approximate surface area is 96.3 Å². The van der Waals surface area contributed by atoms with Crippen molar-refractivity contribution < 1.29 is 9.90 Å². The van der Waals surface area contributed by atoms with E-state index < -0.39 is 5.97 Å². The van der Waals surface area contributed by atoms with E-state index in [0.717, 1.165) is 5.56 Å². The quantitative estimate of drug-likeness (QED) is 0.733. The third-order valence-electron chi connectivity index (χ3n) is 2.20. The Bertz CT molecular complexity index is 442. The van der Waals surface area contributed by atoms with Gasteiger partial charge in [-0.2, -0.15) is 0 Å². The molecule has 84 valence electrons. The number of benzene rings is 1. The molecule has 0 aliphatic heterocycles. The van der Waals surface area contributed by atoms with Crippen LogP contribution in [0, 0.1) is 11.8 Å². The molecule has 0 fully saturated rings. The van der Waals surface area contributed by atoms with Crippen molar-refractivity contribution in [1.82, 2.24) is 0 Å². The molecule has 0 heterocycles. The third-order valence-corrected chi connectivity index (χ3v) is 2.20. The molecule has 1 rings (SSSR count). The lowest BCUT2D eigenvalue weighted by atomic mass is 9.86. The molecule has 1 aromatic carbocycles. The van der Waals surface area contributed by atoms with Crippen LogP contribution in [0.4, 0.5) is 0 Å². The summed E-state index contributed by atoms with van der Waals surface area (Å²) in [6, 6.07) is 7.91. The summed E-state index contributed by atoms with van der Waals surface area (Å²) in [5, 5.41) is 8.47. The Morgan fingerprint density at radius 3 is 2.62 bits per heavy atom. The standard InChI is InChI=1S/C14H16O2/c1-14(2,3)12-8-4-6-11(10-12)7-5-9-13(15)16/h4,6,8,10H,9H2,1-3H3,(H,15,16).